The summed E-state index contributed by atoms with van der Waals surface area (Å²) in [7, 11) is 4.93. The van der Waals surface area contributed by atoms with Gasteiger partial charge in [0.15, 0.2) is 11.5 Å². The molecule has 0 unspecified atom stereocenters. The van der Waals surface area contributed by atoms with Gasteiger partial charge in [0.05, 0.1) is 32.6 Å². The quantitative estimate of drug-likeness (QED) is 0.388. The number of rotatable bonds is 8. The molecule has 0 atom stereocenters. The predicted molar refractivity (Wildman–Crippen MR) is 147 cm³/mol. The molecule has 0 saturated carbocycles. The first kappa shape index (κ1) is 26.6. The highest BCUT2D eigenvalue weighted by atomic mass is 16.5. The Kier molecular flexibility index (Phi) is 8.74. The molecule has 0 radical (unpaired) electrons. The second-order valence-corrected chi connectivity index (χ2v) is 9.66. The average Bonchev–Trinajstić information content (AvgIpc) is 2.94. The number of benzene rings is 1. The number of hydrogen-bond donors (Lipinski definition) is 0. The molecule has 2 aliphatic rings. The topological polar surface area (TPSA) is 80.3 Å². The summed E-state index contributed by atoms with van der Waals surface area (Å²) in [6.45, 7) is 8.49. The van der Waals surface area contributed by atoms with Gasteiger partial charge in [0.2, 0.25) is 11.9 Å². The number of aromatic nitrogens is 2. The maximum Gasteiger partial charge on any atom is 0.228 e. The zero-order chi connectivity index (χ0) is 26.4. The zero-order valence-corrected chi connectivity index (χ0v) is 22.7. The number of ether oxygens (including phenoxy) is 3. The monoisotopic (exact) mass is 509 g/mol. The van der Waals surface area contributed by atoms with Crippen LogP contribution in [0.15, 0.2) is 35.6 Å². The Morgan fingerprint density at radius 1 is 0.865 bits per heavy atom. The second-order valence-electron chi connectivity index (χ2n) is 9.66. The molecule has 200 valence electrons. The summed E-state index contributed by atoms with van der Waals surface area (Å²) in [6, 6.07) is 3.92. The molecule has 4 rings (SSSR count). The Bertz CT molecular complexity index is 1160. The van der Waals surface area contributed by atoms with Crippen LogP contribution in [0.1, 0.15) is 39.5 Å². The number of hydrogen-bond acceptors (Lipinski definition) is 8. The van der Waals surface area contributed by atoms with Gasteiger partial charge in [-0.25, -0.2) is 4.98 Å². The van der Waals surface area contributed by atoms with Crippen LogP contribution in [0.4, 0.5) is 11.8 Å². The van der Waals surface area contributed by atoms with Crippen molar-refractivity contribution in [1.82, 2.24) is 14.9 Å². The van der Waals surface area contributed by atoms with Crippen LogP contribution in [0.25, 0.3) is 10.9 Å². The number of fused-ring (bicyclic) bond motifs is 1. The van der Waals surface area contributed by atoms with Crippen molar-refractivity contribution in [2.75, 3.05) is 70.4 Å². The first-order valence-corrected chi connectivity index (χ1v) is 13.0. The van der Waals surface area contributed by atoms with Gasteiger partial charge < -0.3 is 28.9 Å². The van der Waals surface area contributed by atoms with E-state index in [1.807, 2.05) is 43.0 Å². The maximum atomic E-state index is 12.9. The summed E-state index contributed by atoms with van der Waals surface area (Å²) in [5.74, 6) is 3.92. The third-order valence-electron chi connectivity index (χ3n) is 7.09. The fraction of sp³-hybridized carbons (Fsp3) is 0.536. The van der Waals surface area contributed by atoms with E-state index in [2.05, 4.69) is 9.80 Å². The first-order valence-electron chi connectivity index (χ1n) is 13.0. The minimum atomic E-state index is 0.141. The van der Waals surface area contributed by atoms with Gasteiger partial charge in [0, 0.05) is 57.1 Å². The molecule has 2 aliphatic heterocycles. The van der Waals surface area contributed by atoms with Gasteiger partial charge in [-0.05, 0) is 45.3 Å². The third-order valence-corrected chi connectivity index (χ3v) is 7.09. The number of allylic oxidation sites excluding steroid dienone is 3. The van der Waals surface area contributed by atoms with Crippen molar-refractivity contribution in [3.63, 3.8) is 0 Å². The highest BCUT2D eigenvalue weighted by Crippen LogP contribution is 2.37. The van der Waals surface area contributed by atoms with Crippen LogP contribution in [-0.4, -0.2) is 81.4 Å². The molecule has 2 fully saturated rings. The maximum absolute atomic E-state index is 12.9. The van der Waals surface area contributed by atoms with E-state index < -0.39 is 0 Å². The molecule has 1 aromatic carbocycles. The van der Waals surface area contributed by atoms with Crippen LogP contribution in [0.3, 0.4) is 0 Å². The fourth-order valence-electron chi connectivity index (χ4n) is 4.81. The number of carbonyl (C=O) groups excluding carboxylic acids is 1. The Labute approximate surface area is 219 Å². The molecule has 37 heavy (non-hydrogen) atoms. The van der Waals surface area contributed by atoms with Crippen LogP contribution in [0.2, 0.25) is 0 Å². The Hall–Kier alpha value is -3.49. The van der Waals surface area contributed by atoms with E-state index in [0.717, 1.165) is 54.0 Å². The smallest absolute Gasteiger partial charge is 0.228 e. The van der Waals surface area contributed by atoms with Crippen molar-refractivity contribution < 1.29 is 19.0 Å². The fourth-order valence-corrected chi connectivity index (χ4v) is 4.81. The lowest BCUT2D eigenvalue weighted by Gasteiger charge is -2.36. The Morgan fingerprint density at radius 3 is 2.19 bits per heavy atom. The highest BCUT2D eigenvalue weighted by molar-refractivity contribution is 5.93. The van der Waals surface area contributed by atoms with Gasteiger partial charge in [-0.3, -0.25) is 4.79 Å². The molecule has 0 aliphatic carbocycles. The molecular weight excluding hydrogens is 470 g/mol. The van der Waals surface area contributed by atoms with Crippen molar-refractivity contribution in [1.29, 1.82) is 0 Å². The summed E-state index contributed by atoms with van der Waals surface area (Å²) < 4.78 is 16.3. The molecule has 9 heteroatoms. The van der Waals surface area contributed by atoms with Crippen LogP contribution < -0.4 is 19.3 Å². The van der Waals surface area contributed by atoms with E-state index in [4.69, 9.17) is 24.2 Å². The van der Waals surface area contributed by atoms with Gasteiger partial charge in [-0.2, -0.15) is 4.98 Å². The van der Waals surface area contributed by atoms with Crippen molar-refractivity contribution in [2.45, 2.75) is 39.5 Å². The lowest BCUT2D eigenvalue weighted by molar-refractivity contribution is -0.130. The average molecular weight is 510 g/mol. The molecule has 2 saturated heterocycles. The van der Waals surface area contributed by atoms with Gasteiger partial charge in [0.1, 0.15) is 5.82 Å². The van der Waals surface area contributed by atoms with Crippen molar-refractivity contribution in [3.8, 4) is 11.5 Å². The summed E-state index contributed by atoms with van der Waals surface area (Å²) in [6.07, 6.45) is 7.80. The van der Waals surface area contributed by atoms with Crippen LogP contribution in [0, 0.1) is 0 Å². The Morgan fingerprint density at radius 2 is 1.54 bits per heavy atom. The first-order chi connectivity index (χ1) is 17.9. The molecule has 1 amide bonds. The van der Waals surface area contributed by atoms with E-state index in [1.54, 1.807) is 21.3 Å². The van der Waals surface area contributed by atoms with Gasteiger partial charge in [-0.15, -0.1) is 0 Å². The number of anilines is 2. The number of piperidine rings is 1. The number of amides is 1. The third kappa shape index (κ3) is 6.26. The summed E-state index contributed by atoms with van der Waals surface area (Å²) in [4.78, 5) is 29.3. The van der Waals surface area contributed by atoms with Gasteiger partial charge >= 0.3 is 0 Å². The van der Waals surface area contributed by atoms with E-state index in [-0.39, 0.29) is 5.91 Å². The zero-order valence-electron chi connectivity index (χ0n) is 22.7. The number of piperazine rings is 1. The summed E-state index contributed by atoms with van der Waals surface area (Å²) in [5, 5.41) is 0.970. The van der Waals surface area contributed by atoms with Crippen molar-refractivity contribution in [3.05, 3.63) is 35.6 Å². The standard InChI is InChI=1S/C28H39N5O4/c1-20(9-10-21(2)35-3)17-26(34)31-13-15-33(16-14-31)28-29-23-19-25(37-5)24(36-4)18-22(23)27(30-28)32-11-7-6-8-12-32/h9-10,18-19H,6-8,11-17H2,1-5H3/b20-9+,21-10+. The number of methoxy groups -OCH3 is 3. The minimum Gasteiger partial charge on any atom is -0.501 e. The molecule has 2 aromatic rings. The largest absolute Gasteiger partial charge is 0.501 e. The molecule has 0 N–H and O–H groups in total. The van der Waals surface area contributed by atoms with Gasteiger partial charge in [0.25, 0.3) is 0 Å². The highest BCUT2D eigenvalue weighted by Gasteiger charge is 2.25. The van der Waals surface area contributed by atoms with E-state index in [1.165, 1.54) is 6.42 Å². The molecule has 3 heterocycles. The van der Waals surface area contributed by atoms with E-state index >= 15 is 0 Å². The number of carbonyl (C=O) groups is 1. The normalized spacial score (nSPS) is 17.3. The minimum absolute atomic E-state index is 0.141. The van der Waals surface area contributed by atoms with Crippen LogP contribution in [0.5, 0.6) is 11.5 Å². The van der Waals surface area contributed by atoms with Crippen LogP contribution in [-0.2, 0) is 9.53 Å². The summed E-state index contributed by atoms with van der Waals surface area (Å²) >= 11 is 0. The van der Waals surface area contributed by atoms with E-state index in [0.29, 0.717) is 50.0 Å². The lowest BCUT2D eigenvalue weighted by Crippen LogP contribution is -2.49. The van der Waals surface area contributed by atoms with Crippen LogP contribution >= 0.6 is 0 Å². The van der Waals surface area contributed by atoms with Crippen molar-refractivity contribution in [2.24, 2.45) is 0 Å². The molecule has 0 bridgehead atoms. The van der Waals surface area contributed by atoms with E-state index in [9.17, 15) is 4.79 Å². The SMILES string of the molecule is CO/C(C)=C/C=C(\C)CC(=O)N1CCN(c2nc(N3CCCCC3)c3cc(OC)c(OC)cc3n2)CC1. The lowest BCUT2D eigenvalue weighted by atomic mass is 10.1. The van der Waals surface area contributed by atoms with Crippen molar-refractivity contribution >= 4 is 28.6 Å². The molecule has 0 spiro atoms. The molecule has 9 nitrogen and oxygen atoms in total. The second kappa shape index (κ2) is 12.2. The predicted octanol–water partition coefficient (Wildman–Crippen LogP) is 4.17. The number of nitrogens with zero attached hydrogens (tertiary/aromatic N) is 5. The van der Waals surface area contributed by atoms with Gasteiger partial charge in [-0.1, -0.05) is 11.6 Å². The Balaban J connectivity index is 1.53. The molecule has 1 aromatic heterocycles. The molecular formula is C28H39N5O4. The summed E-state index contributed by atoms with van der Waals surface area (Å²) in [5.41, 5.74) is 1.85.